The largest absolute Gasteiger partial charge is 0.371 e. The molecule has 0 saturated carbocycles. The molecule has 1 N–H and O–H groups in total. The summed E-state index contributed by atoms with van der Waals surface area (Å²) in [5.41, 5.74) is 4.18. The second-order valence-electron chi connectivity index (χ2n) is 7.37. The van der Waals surface area contributed by atoms with Crippen molar-refractivity contribution in [2.45, 2.75) is 19.8 Å². The minimum Gasteiger partial charge on any atom is -0.371 e. The van der Waals surface area contributed by atoms with E-state index in [0.717, 1.165) is 35.9 Å². The van der Waals surface area contributed by atoms with Crippen LogP contribution >= 0.6 is 0 Å². The van der Waals surface area contributed by atoms with Gasteiger partial charge >= 0.3 is 0 Å². The summed E-state index contributed by atoms with van der Waals surface area (Å²) in [7, 11) is 0. The third-order valence-corrected chi connectivity index (χ3v) is 5.14. The molecule has 1 aromatic heterocycles. The molecule has 1 fully saturated rings. The third-order valence-electron chi connectivity index (χ3n) is 5.14. The molecule has 4 nitrogen and oxygen atoms in total. The van der Waals surface area contributed by atoms with Gasteiger partial charge < -0.3 is 14.8 Å². The molecule has 138 valence electrons. The van der Waals surface area contributed by atoms with Gasteiger partial charge in [0.1, 0.15) is 0 Å². The Hall–Kier alpha value is -3.01. The molecule has 1 amide bonds. The van der Waals surface area contributed by atoms with Crippen LogP contribution in [0.25, 0.3) is 5.69 Å². The molecule has 1 atom stereocenters. The first-order valence-corrected chi connectivity index (χ1v) is 9.54. The molecule has 0 aliphatic carbocycles. The maximum atomic E-state index is 12.4. The van der Waals surface area contributed by atoms with Gasteiger partial charge in [-0.1, -0.05) is 19.1 Å². The minimum absolute atomic E-state index is 0.00580. The number of amides is 1. The van der Waals surface area contributed by atoms with Gasteiger partial charge in [-0.3, -0.25) is 4.79 Å². The summed E-state index contributed by atoms with van der Waals surface area (Å²) in [6.45, 7) is 4.52. The van der Waals surface area contributed by atoms with Crippen molar-refractivity contribution in [1.82, 2.24) is 4.57 Å². The fraction of sp³-hybridized carbons (Fsp3) is 0.261. The molecule has 1 aliphatic rings. The topological polar surface area (TPSA) is 37.3 Å². The zero-order valence-corrected chi connectivity index (χ0v) is 15.6. The van der Waals surface area contributed by atoms with E-state index in [1.807, 2.05) is 65.5 Å². The molecule has 2 heterocycles. The van der Waals surface area contributed by atoms with Gasteiger partial charge in [0, 0.05) is 42.5 Å². The van der Waals surface area contributed by atoms with Crippen molar-refractivity contribution >= 4 is 17.3 Å². The summed E-state index contributed by atoms with van der Waals surface area (Å²) >= 11 is 0. The van der Waals surface area contributed by atoms with E-state index >= 15 is 0 Å². The standard InChI is InChI=1S/C23H25N3O/c1-18-12-15-26(17-18)22-10-6-20(7-11-22)24-23(27)16-19-4-8-21(9-5-19)25-13-2-3-14-25/h2-11,13-14,18H,12,15-17H2,1H3,(H,24,27). The summed E-state index contributed by atoms with van der Waals surface area (Å²) in [6, 6.07) is 20.3. The lowest BCUT2D eigenvalue weighted by atomic mass is 10.1. The lowest BCUT2D eigenvalue weighted by Gasteiger charge is -2.18. The summed E-state index contributed by atoms with van der Waals surface area (Å²) in [5.74, 6) is 0.763. The Labute approximate surface area is 160 Å². The number of anilines is 2. The average Bonchev–Trinajstić information content (AvgIpc) is 3.35. The number of nitrogens with zero attached hydrogens (tertiary/aromatic N) is 2. The molecular formula is C23H25N3O. The highest BCUT2D eigenvalue weighted by Crippen LogP contribution is 2.24. The molecule has 2 aromatic carbocycles. The van der Waals surface area contributed by atoms with Crippen LogP contribution in [0.2, 0.25) is 0 Å². The van der Waals surface area contributed by atoms with Crippen LogP contribution in [-0.2, 0) is 11.2 Å². The maximum absolute atomic E-state index is 12.4. The summed E-state index contributed by atoms with van der Waals surface area (Å²) in [4.78, 5) is 14.8. The highest BCUT2D eigenvalue weighted by molar-refractivity contribution is 5.92. The van der Waals surface area contributed by atoms with Crippen molar-refractivity contribution in [2.24, 2.45) is 5.92 Å². The number of rotatable bonds is 5. The SMILES string of the molecule is CC1CCN(c2ccc(NC(=O)Cc3ccc(-n4cccc4)cc3)cc2)C1. The first-order valence-electron chi connectivity index (χ1n) is 9.54. The van der Waals surface area contributed by atoms with E-state index in [-0.39, 0.29) is 5.91 Å². The van der Waals surface area contributed by atoms with Gasteiger partial charge in [-0.2, -0.15) is 0 Å². The van der Waals surface area contributed by atoms with Crippen LogP contribution in [0.5, 0.6) is 0 Å². The van der Waals surface area contributed by atoms with Crippen LogP contribution < -0.4 is 10.2 Å². The molecule has 1 unspecified atom stereocenters. The smallest absolute Gasteiger partial charge is 0.228 e. The quantitative estimate of drug-likeness (QED) is 0.728. The van der Waals surface area contributed by atoms with E-state index in [0.29, 0.717) is 6.42 Å². The first-order chi connectivity index (χ1) is 13.2. The van der Waals surface area contributed by atoms with Crippen molar-refractivity contribution in [3.63, 3.8) is 0 Å². The van der Waals surface area contributed by atoms with Crippen LogP contribution in [-0.4, -0.2) is 23.6 Å². The van der Waals surface area contributed by atoms with Gasteiger partial charge in [0.15, 0.2) is 0 Å². The summed E-state index contributed by atoms with van der Waals surface area (Å²) in [5, 5.41) is 3.00. The highest BCUT2D eigenvalue weighted by atomic mass is 16.1. The molecule has 4 rings (SSSR count). The second kappa shape index (κ2) is 7.70. The third kappa shape index (κ3) is 4.22. The lowest BCUT2D eigenvalue weighted by Crippen LogP contribution is -2.19. The number of carbonyl (C=O) groups excluding carboxylic acids is 1. The fourth-order valence-corrected chi connectivity index (χ4v) is 3.61. The molecule has 0 radical (unpaired) electrons. The van der Waals surface area contributed by atoms with E-state index in [9.17, 15) is 4.79 Å². The average molecular weight is 359 g/mol. The Morgan fingerprint density at radius 2 is 1.67 bits per heavy atom. The first kappa shape index (κ1) is 17.4. The van der Waals surface area contributed by atoms with Crippen molar-refractivity contribution < 1.29 is 4.79 Å². The zero-order valence-electron chi connectivity index (χ0n) is 15.6. The van der Waals surface area contributed by atoms with E-state index in [1.54, 1.807) is 0 Å². The minimum atomic E-state index is 0.00580. The summed E-state index contributed by atoms with van der Waals surface area (Å²) in [6.07, 6.45) is 5.64. The summed E-state index contributed by atoms with van der Waals surface area (Å²) < 4.78 is 2.05. The Morgan fingerprint density at radius 3 is 2.30 bits per heavy atom. The number of hydrogen-bond acceptors (Lipinski definition) is 2. The lowest BCUT2D eigenvalue weighted by molar-refractivity contribution is -0.115. The molecule has 4 heteroatoms. The van der Waals surface area contributed by atoms with Crippen molar-refractivity contribution in [2.75, 3.05) is 23.3 Å². The molecule has 1 saturated heterocycles. The highest BCUT2D eigenvalue weighted by Gasteiger charge is 2.18. The Kier molecular flexibility index (Phi) is 4.97. The molecule has 1 aliphatic heterocycles. The number of hydrogen-bond donors (Lipinski definition) is 1. The van der Waals surface area contributed by atoms with Gasteiger partial charge in [-0.25, -0.2) is 0 Å². The van der Waals surface area contributed by atoms with E-state index < -0.39 is 0 Å². The van der Waals surface area contributed by atoms with Gasteiger partial charge in [-0.15, -0.1) is 0 Å². The van der Waals surface area contributed by atoms with E-state index in [2.05, 4.69) is 29.3 Å². The van der Waals surface area contributed by atoms with Crippen LogP contribution in [0.3, 0.4) is 0 Å². The number of benzene rings is 2. The molecule has 0 spiro atoms. The molecule has 3 aromatic rings. The monoisotopic (exact) mass is 359 g/mol. The van der Waals surface area contributed by atoms with Crippen LogP contribution in [0.15, 0.2) is 73.1 Å². The van der Waals surface area contributed by atoms with Crippen LogP contribution in [0.1, 0.15) is 18.9 Å². The predicted octanol–water partition coefficient (Wildman–Crippen LogP) is 4.50. The Morgan fingerprint density at radius 1 is 1.00 bits per heavy atom. The normalized spacial score (nSPS) is 16.5. The van der Waals surface area contributed by atoms with Crippen molar-refractivity contribution in [3.8, 4) is 5.69 Å². The number of nitrogens with one attached hydrogen (secondary N) is 1. The Balaban J connectivity index is 1.34. The molecule has 27 heavy (non-hydrogen) atoms. The maximum Gasteiger partial charge on any atom is 0.228 e. The predicted molar refractivity (Wildman–Crippen MR) is 111 cm³/mol. The number of aromatic nitrogens is 1. The van der Waals surface area contributed by atoms with Gasteiger partial charge in [-0.05, 0) is 66.4 Å². The second-order valence-corrected chi connectivity index (χ2v) is 7.37. The fourth-order valence-electron chi connectivity index (χ4n) is 3.61. The van der Waals surface area contributed by atoms with Crippen LogP contribution in [0, 0.1) is 5.92 Å². The van der Waals surface area contributed by atoms with E-state index in [1.165, 1.54) is 12.1 Å². The van der Waals surface area contributed by atoms with Gasteiger partial charge in [0.25, 0.3) is 0 Å². The van der Waals surface area contributed by atoms with Crippen molar-refractivity contribution in [1.29, 1.82) is 0 Å². The molecular weight excluding hydrogens is 334 g/mol. The number of carbonyl (C=O) groups is 1. The Bertz CT molecular complexity index is 882. The van der Waals surface area contributed by atoms with Crippen molar-refractivity contribution in [3.05, 3.63) is 78.6 Å². The van der Waals surface area contributed by atoms with Gasteiger partial charge in [0.05, 0.1) is 6.42 Å². The van der Waals surface area contributed by atoms with E-state index in [4.69, 9.17) is 0 Å². The molecule has 0 bridgehead atoms. The van der Waals surface area contributed by atoms with Crippen LogP contribution in [0.4, 0.5) is 11.4 Å². The van der Waals surface area contributed by atoms with Gasteiger partial charge in [0.2, 0.25) is 5.91 Å². The zero-order chi connectivity index (χ0) is 18.6.